The van der Waals surface area contributed by atoms with Crippen molar-refractivity contribution in [3.8, 4) is 11.8 Å². The molecule has 1 aliphatic rings. The molecule has 0 bridgehead atoms. The maximum atomic E-state index is 8.86. The molecule has 0 spiro atoms. The summed E-state index contributed by atoms with van der Waals surface area (Å²) in [6.07, 6.45) is 0.538. The molecule has 1 fully saturated rings. The van der Waals surface area contributed by atoms with Gasteiger partial charge in [-0.15, -0.1) is 0 Å². The lowest BCUT2D eigenvalue weighted by Gasteiger charge is -2.47. The van der Waals surface area contributed by atoms with Gasteiger partial charge < -0.3 is 15.0 Å². The molecule has 0 aliphatic carbocycles. The van der Waals surface area contributed by atoms with Crippen LogP contribution in [0.15, 0.2) is 24.3 Å². The summed E-state index contributed by atoms with van der Waals surface area (Å²) in [5.74, 6) is 0.865. The molecule has 1 aromatic carbocycles. The number of nitrogens with zero attached hydrogens (tertiary/aromatic N) is 2. The smallest absolute Gasteiger partial charge is 0.120 e. The van der Waals surface area contributed by atoms with E-state index in [2.05, 4.69) is 42.3 Å². The fraction of sp³-hybridized carbons (Fsp3) is 0.533. The van der Waals surface area contributed by atoms with Crippen molar-refractivity contribution in [3.05, 3.63) is 24.3 Å². The Kier molecular flexibility index (Phi) is 3.96. The maximum Gasteiger partial charge on any atom is 0.120 e. The molecular formula is C15H21N3O. The van der Waals surface area contributed by atoms with Crippen molar-refractivity contribution < 1.29 is 4.74 Å². The van der Waals surface area contributed by atoms with Gasteiger partial charge in [-0.2, -0.15) is 5.26 Å². The van der Waals surface area contributed by atoms with Gasteiger partial charge in [-0.25, -0.2) is 0 Å². The number of nitrogens with one attached hydrogen (secondary N) is 1. The average Bonchev–Trinajstić information content (AvgIpc) is 2.41. The molecule has 1 saturated heterocycles. The van der Waals surface area contributed by atoms with E-state index in [4.69, 9.17) is 10.00 Å². The lowest BCUT2D eigenvalue weighted by molar-refractivity contribution is 0.324. The molecule has 4 heteroatoms. The van der Waals surface area contributed by atoms with Crippen LogP contribution in [0.5, 0.6) is 5.75 Å². The molecule has 1 aliphatic heterocycles. The molecule has 0 radical (unpaired) electrons. The highest BCUT2D eigenvalue weighted by atomic mass is 16.5. The van der Waals surface area contributed by atoms with Crippen LogP contribution in [0, 0.1) is 11.3 Å². The van der Waals surface area contributed by atoms with Gasteiger partial charge in [0.05, 0.1) is 19.6 Å². The van der Waals surface area contributed by atoms with E-state index in [0.717, 1.165) is 24.5 Å². The zero-order valence-corrected chi connectivity index (χ0v) is 11.8. The number of rotatable bonds is 3. The summed E-state index contributed by atoms with van der Waals surface area (Å²) < 4.78 is 5.29. The van der Waals surface area contributed by atoms with Gasteiger partial charge in [0, 0.05) is 36.4 Å². The molecular weight excluding hydrogens is 238 g/mol. The standard InChI is InChI=1S/C15H21N3O/c1-15(2)11-17-12(7-8-16)10-18(15)13-5-4-6-14(9-13)19-3/h4-6,9,12,17H,7,10-11H2,1-3H3. The van der Waals surface area contributed by atoms with Gasteiger partial charge in [-0.1, -0.05) is 6.07 Å². The molecule has 19 heavy (non-hydrogen) atoms. The number of anilines is 1. The Balaban J connectivity index is 2.25. The van der Waals surface area contributed by atoms with Crippen LogP contribution in [0.25, 0.3) is 0 Å². The van der Waals surface area contributed by atoms with Crippen molar-refractivity contribution in [2.75, 3.05) is 25.1 Å². The SMILES string of the molecule is COc1cccc(N2CC(CC#N)NCC2(C)C)c1. The van der Waals surface area contributed by atoms with E-state index in [1.54, 1.807) is 7.11 Å². The predicted octanol–water partition coefficient (Wildman–Crippen LogP) is 2.17. The zero-order valence-electron chi connectivity index (χ0n) is 11.8. The Labute approximate surface area is 115 Å². The monoisotopic (exact) mass is 259 g/mol. The van der Waals surface area contributed by atoms with Crippen LogP contribution in [-0.2, 0) is 0 Å². The number of piperazine rings is 1. The Bertz CT molecular complexity index is 479. The molecule has 1 unspecified atom stereocenters. The molecule has 1 heterocycles. The van der Waals surface area contributed by atoms with Gasteiger partial charge >= 0.3 is 0 Å². The summed E-state index contributed by atoms with van der Waals surface area (Å²) in [4.78, 5) is 2.36. The minimum Gasteiger partial charge on any atom is -0.497 e. The minimum absolute atomic E-state index is 0.0261. The number of hydrogen-bond donors (Lipinski definition) is 1. The topological polar surface area (TPSA) is 48.3 Å². The average molecular weight is 259 g/mol. The minimum atomic E-state index is 0.0261. The van der Waals surface area contributed by atoms with Crippen LogP contribution >= 0.6 is 0 Å². The maximum absolute atomic E-state index is 8.86. The predicted molar refractivity (Wildman–Crippen MR) is 76.4 cm³/mol. The molecule has 1 N–H and O–H groups in total. The summed E-state index contributed by atoms with van der Waals surface area (Å²) in [6, 6.07) is 10.6. The van der Waals surface area contributed by atoms with E-state index in [0.29, 0.717) is 6.42 Å². The van der Waals surface area contributed by atoms with Crippen molar-refractivity contribution in [1.29, 1.82) is 5.26 Å². The molecule has 0 saturated carbocycles. The van der Waals surface area contributed by atoms with Crippen molar-refractivity contribution >= 4 is 5.69 Å². The van der Waals surface area contributed by atoms with Crippen LogP contribution in [0.4, 0.5) is 5.69 Å². The summed E-state index contributed by atoms with van der Waals surface area (Å²) >= 11 is 0. The van der Waals surface area contributed by atoms with Gasteiger partial charge in [0.2, 0.25) is 0 Å². The Morgan fingerprint density at radius 2 is 2.32 bits per heavy atom. The van der Waals surface area contributed by atoms with Crippen LogP contribution in [0.2, 0.25) is 0 Å². The van der Waals surface area contributed by atoms with E-state index in [-0.39, 0.29) is 11.6 Å². The van der Waals surface area contributed by atoms with Crippen molar-refractivity contribution in [1.82, 2.24) is 5.32 Å². The van der Waals surface area contributed by atoms with Gasteiger partial charge in [-0.05, 0) is 26.0 Å². The zero-order chi connectivity index (χ0) is 13.9. The largest absolute Gasteiger partial charge is 0.497 e. The lowest BCUT2D eigenvalue weighted by atomic mass is 9.95. The fourth-order valence-electron chi connectivity index (χ4n) is 2.50. The number of nitriles is 1. The Morgan fingerprint density at radius 1 is 1.53 bits per heavy atom. The summed E-state index contributed by atoms with van der Waals surface area (Å²) in [5, 5.41) is 12.3. The van der Waals surface area contributed by atoms with Crippen molar-refractivity contribution in [2.45, 2.75) is 31.8 Å². The summed E-state index contributed by atoms with van der Waals surface area (Å²) in [6.45, 7) is 6.13. The second-order valence-corrected chi connectivity index (χ2v) is 5.56. The lowest BCUT2D eigenvalue weighted by Crippen LogP contribution is -2.62. The fourth-order valence-corrected chi connectivity index (χ4v) is 2.50. The first-order chi connectivity index (χ1) is 9.06. The number of methoxy groups -OCH3 is 1. The Morgan fingerprint density at radius 3 is 3.00 bits per heavy atom. The Hall–Kier alpha value is -1.73. The first-order valence-electron chi connectivity index (χ1n) is 6.59. The van der Waals surface area contributed by atoms with Crippen LogP contribution in [-0.4, -0.2) is 31.8 Å². The van der Waals surface area contributed by atoms with Crippen molar-refractivity contribution in [2.24, 2.45) is 0 Å². The third-order valence-electron chi connectivity index (χ3n) is 3.66. The van der Waals surface area contributed by atoms with Gasteiger partial charge in [0.1, 0.15) is 5.75 Å². The van der Waals surface area contributed by atoms with Crippen LogP contribution in [0.1, 0.15) is 20.3 Å². The second-order valence-electron chi connectivity index (χ2n) is 5.56. The van der Waals surface area contributed by atoms with Gasteiger partial charge in [0.25, 0.3) is 0 Å². The van der Waals surface area contributed by atoms with E-state index < -0.39 is 0 Å². The van der Waals surface area contributed by atoms with E-state index in [1.165, 1.54) is 0 Å². The molecule has 4 nitrogen and oxygen atoms in total. The first kappa shape index (κ1) is 13.7. The molecule has 1 aromatic rings. The summed E-state index contributed by atoms with van der Waals surface area (Å²) in [7, 11) is 1.68. The molecule has 102 valence electrons. The van der Waals surface area contributed by atoms with E-state index in [1.807, 2.05) is 12.1 Å². The first-order valence-corrected chi connectivity index (χ1v) is 6.59. The van der Waals surface area contributed by atoms with Crippen LogP contribution in [0.3, 0.4) is 0 Å². The highest BCUT2D eigenvalue weighted by Crippen LogP contribution is 2.29. The third kappa shape index (κ3) is 2.99. The quantitative estimate of drug-likeness (QED) is 0.903. The van der Waals surface area contributed by atoms with Gasteiger partial charge in [-0.3, -0.25) is 0 Å². The van der Waals surface area contributed by atoms with Crippen LogP contribution < -0.4 is 15.0 Å². The number of hydrogen-bond acceptors (Lipinski definition) is 4. The van der Waals surface area contributed by atoms with Crippen molar-refractivity contribution in [3.63, 3.8) is 0 Å². The molecule has 0 amide bonds. The van der Waals surface area contributed by atoms with Gasteiger partial charge in [0.15, 0.2) is 0 Å². The molecule has 2 rings (SSSR count). The highest BCUT2D eigenvalue weighted by molar-refractivity contribution is 5.53. The second kappa shape index (κ2) is 5.50. The number of benzene rings is 1. The molecule has 0 aromatic heterocycles. The van der Waals surface area contributed by atoms with E-state index in [9.17, 15) is 0 Å². The molecule has 1 atom stereocenters. The summed E-state index contributed by atoms with van der Waals surface area (Å²) in [5.41, 5.74) is 1.17. The normalized spacial score (nSPS) is 21.8. The van der Waals surface area contributed by atoms with E-state index >= 15 is 0 Å². The number of ether oxygens (including phenoxy) is 1. The highest BCUT2D eigenvalue weighted by Gasteiger charge is 2.34. The third-order valence-corrected chi connectivity index (χ3v) is 3.66.